The summed E-state index contributed by atoms with van der Waals surface area (Å²) in [5.74, 6) is -2.16. The zero-order valence-corrected chi connectivity index (χ0v) is 16.7. The molecule has 9 nitrogen and oxygen atoms in total. The lowest BCUT2D eigenvalue weighted by Crippen LogP contribution is -2.59. The van der Waals surface area contributed by atoms with Crippen molar-refractivity contribution in [2.75, 3.05) is 20.2 Å². The Morgan fingerprint density at radius 2 is 1.81 bits per heavy atom. The van der Waals surface area contributed by atoms with Crippen LogP contribution in [0.15, 0.2) is 0 Å². The molecular formula is C18H33N3O6. The van der Waals surface area contributed by atoms with Crippen molar-refractivity contribution in [3.8, 4) is 0 Å². The summed E-state index contributed by atoms with van der Waals surface area (Å²) in [6.07, 6.45) is 0.951. The third-order valence-electron chi connectivity index (χ3n) is 4.64. The van der Waals surface area contributed by atoms with Crippen LogP contribution >= 0.6 is 0 Å². The van der Waals surface area contributed by atoms with E-state index in [-0.39, 0.29) is 12.5 Å². The molecule has 1 aliphatic heterocycles. The number of carbonyl (C=O) groups excluding carboxylic acids is 3. The first-order chi connectivity index (χ1) is 12.6. The Morgan fingerprint density at radius 3 is 2.41 bits per heavy atom. The maximum atomic E-state index is 12.9. The topological polar surface area (TPSA) is 128 Å². The quantitative estimate of drug-likeness (QED) is 0.396. The summed E-state index contributed by atoms with van der Waals surface area (Å²) in [6.45, 7) is 6.23. The maximum absolute atomic E-state index is 12.9. The number of nitrogens with zero attached hydrogens (tertiary/aromatic N) is 1. The molecule has 1 fully saturated rings. The molecule has 156 valence electrons. The van der Waals surface area contributed by atoms with Gasteiger partial charge in [0.2, 0.25) is 5.91 Å². The largest absolute Gasteiger partial charge is 0.380 e. The summed E-state index contributed by atoms with van der Waals surface area (Å²) in [7, 11) is 1.70. The Bertz CT molecular complexity index is 520. The van der Waals surface area contributed by atoms with Gasteiger partial charge < -0.3 is 20.1 Å². The monoisotopic (exact) mass is 387 g/mol. The number of carbonyl (C=O) groups is 3. The van der Waals surface area contributed by atoms with Crippen LogP contribution in [0.3, 0.4) is 0 Å². The van der Waals surface area contributed by atoms with Gasteiger partial charge in [0.15, 0.2) is 12.2 Å². The number of hydrogen-bond acceptors (Lipinski definition) is 6. The fourth-order valence-corrected chi connectivity index (χ4v) is 2.91. The summed E-state index contributed by atoms with van der Waals surface area (Å²) in [6, 6.07) is -0.853. The zero-order chi connectivity index (χ0) is 20.6. The molecule has 3 atom stereocenters. The third kappa shape index (κ3) is 7.08. The van der Waals surface area contributed by atoms with Crippen LogP contribution in [0.5, 0.6) is 0 Å². The first-order valence-corrected chi connectivity index (χ1v) is 9.38. The number of rotatable bonds is 2. The number of amides is 3. The molecule has 1 rings (SSSR count). The van der Waals surface area contributed by atoms with E-state index in [9.17, 15) is 19.5 Å². The Morgan fingerprint density at radius 1 is 1.22 bits per heavy atom. The summed E-state index contributed by atoms with van der Waals surface area (Å²) >= 11 is 0. The molecule has 0 aromatic rings. The van der Waals surface area contributed by atoms with E-state index < -0.39 is 35.5 Å². The molecule has 0 bridgehead atoms. The third-order valence-corrected chi connectivity index (χ3v) is 4.64. The van der Waals surface area contributed by atoms with Crippen LogP contribution in [0, 0.1) is 5.41 Å². The van der Waals surface area contributed by atoms with Crippen LogP contribution in [0.1, 0.15) is 52.9 Å². The molecule has 3 amide bonds. The van der Waals surface area contributed by atoms with Crippen molar-refractivity contribution in [3.05, 3.63) is 0 Å². The van der Waals surface area contributed by atoms with Crippen molar-refractivity contribution in [2.24, 2.45) is 5.41 Å². The first-order valence-electron chi connectivity index (χ1n) is 9.38. The second-order valence-electron chi connectivity index (χ2n) is 8.05. The number of nitrogens with one attached hydrogen (secondary N) is 2. The molecule has 4 N–H and O–H groups in total. The second-order valence-corrected chi connectivity index (χ2v) is 8.05. The number of aliphatic hydroxyl groups excluding tert-OH is 1. The maximum Gasteiger partial charge on any atom is 0.275 e. The average Bonchev–Trinajstić information content (AvgIpc) is 2.61. The zero-order valence-electron chi connectivity index (χ0n) is 16.7. The highest BCUT2D eigenvalue weighted by atomic mass is 16.5. The molecule has 0 spiro atoms. The highest BCUT2D eigenvalue weighted by molar-refractivity contribution is 5.93. The summed E-state index contributed by atoms with van der Waals surface area (Å²) in [5, 5.41) is 21.4. The SMILES string of the molecule is CN1CCCCCCCOC(C(O)C(=O)NO)C(=O)NC(C(C)(C)C)C1=O. The molecule has 0 aromatic carbocycles. The number of aliphatic hydroxyl groups is 1. The van der Waals surface area contributed by atoms with Crippen LogP contribution < -0.4 is 10.8 Å². The van der Waals surface area contributed by atoms with Gasteiger partial charge in [0.05, 0.1) is 0 Å². The predicted octanol–water partition coefficient (Wildman–Crippen LogP) is 0.191. The van der Waals surface area contributed by atoms with Crippen molar-refractivity contribution in [1.82, 2.24) is 15.7 Å². The van der Waals surface area contributed by atoms with Gasteiger partial charge in [-0.25, -0.2) is 5.48 Å². The summed E-state index contributed by atoms with van der Waals surface area (Å²) in [4.78, 5) is 38.8. The normalized spacial score (nSPS) is 25.3. The molecule has 1 aliphatic rings. The van der Waals surface area contributed by atoms with E-state index in [4.69, 9.17) is 9.94 Å². The highest BCUT2D eigenvalue weighted by Crippen LogP contribution is 2.22. The van der Waals surface area contributed by atoms with Gasteiger partial charge in [0.25, 0.3) is 11.8 Å². The number of hydrogen-bond donors (Lipinski definition) is 4. The van der Waals surface area contributed by atoms with Crippen molar-refractivity contribution in [1.29, 1.82) is 0 Å². The molecule has 27 heavy (non-hydrogen) atoms. The first kappa shape index (κ1) is 23.3. The van der Waals surface area contributed by atoms with E-state index in [2.05, 4.69) is 5.32 Å². The van der Waals surface area contributed by atoms with Gasteiger partial charge in [-0.05, 0) is 18.3 Å². The van der Waals surface area contributed by atoms with Crippen LogP contribution in [0.2, 0.25) is 0 Å². The molecule has 0 saturated carbocycles. The van der Waals surface area contributed by atoms with E-state index in [0.717, 1.165) is 25.7 Å². The smallest absolute Gasteiger partial charge is 0.275 e. The minimum absolute atomic E-state index is 0.182. The molecular weight excluding hydrogens is 354 g/mol. The molecule has 3 unspecified atom stereocenters. The van der Waals surface area contributed by atoms with Gasteiger partial charge in [-0.3, -0.25) is 19.6 Å². The lowest BCUT2D eigenvalue weighted by atomic mass is 9.85. The minimum atomic E-state index is -1.89. The second kappa shape index (κ2) is 10.6. The standard InChI is InChI=1S/C18H33N3O6/c1-18(2,3)14-17(25)21(4)10-8-6-5-7-9-11-27-13(16(24)19-14)12(22)15(23)20-26/h12-14,22,26H,5-11H2,1-4H3,(H,19,24)(H,20,23). The predicted molar refractivity (Wildman–Crippen MR) is 97.8 cm³/mol. The summed E-state index contributed by atoms with van der Waals surface area (Å²) in [5.41, 5.74) is 0.730. The van der Waals surface area contributed by atoms with Crippen LogP contribution in [0.4, 0.5) is 0 Å². The van der Waals surface area contributed by atoms with Gasteiger partial charge in [-0.2, -0.15) is 0 Å². The van der Waals surface area contributed by atoms with E-state index in [1.54, 1.807) is 11.9 Å². The van der Waals surface area contributed by atoms with Gasteiger partial charge >= 0.3 is 0 Å². The number of likely N-dealkylation sites (N-methyl/N-ethyl adjacent to an activating group) is 1. The fraction of sp³-hybridized carbons (Fsp3) is 0.833. The van der Waals surface area contributed by atoms with Crippen molar-refractivity contribution in [2.45, 2.75) is 71.1 Å². The van der Waals surface area contributed by atoms with E-state index in [1.807, 2.05) is 20.8 Å². The average molecular weight is 387 g/mol. The molecule has 0 aromatic heterocycles. The molecule has 1 saturated heterocycles. The van der Waals surface area contributed by atoms with Crippen molar-refractivity contribution >= 4 is 17.7 Å². The molecule has 9 heteroatoms. The van der Waals surface area contributed by atoms with E-state index >= 15 is 0 Å². The van der Waals surface area contributed by atoms with E-state index in [0.29, 0.717) is 13.0 Å². The molecule has 0 radical (unpaired) electrons. The van der Waals surface area contributed by atoms with Gasteiger partial charge in [0, 0.05) is 20.2 Å². The minimum Gasteiger partial charge on any atom is -0.380 e. The van der Waals surface area contributed by atoms with E-state index in [1.165, 1.54) is 5.48 Å². The Labute approximate surface area is 160 Å². The van der Waals surface area contributed by atoms with Crippen LogP contribution in [-0.2, 0) is 19.1 Å². The molecule has 0 aliphatic carbocycles. The Kier molecular flexibility index (Phi) is 9.14. The number of ether oxygens (including phenoxy) is 1. The van der Waals surface area contributed by atoms with Crippen LogP contribution in [-0.4, -0.2) is 71.4 Å². The van der Waals surface area contributed by atoms with Gasteiger partial charge in [-0.15, -0.1) is 0 Å². The van der Waals surface area contributed by atoms with Crippen molar-refractivity contribution in [3.63, 3.8) is 0 Å². The molecule has 1 heterocycles. The van der Waals surface area contributed by atoms with Gasteiger partial charge in [0.1, 0.15) is 6.04 Å². The van der Waals surface area contributed by atoms with Gasteiger partial charge in [-0.1, -0.05) is 40.0 Å². The van der Waals surface area contributed by atoms with Crippen LogP contribution in [0.25, 0.3) is 0 Å². The number of hydroxylamine groups is 1. The summed E-state index contributed by atoms with van der Waals surface area (Å²) < 4.78 is 5.45. The lowest BCUT2D eigenvalue weighted by Gasteiger charge is -2.35. The lowest BCUT2D eigenvalue weighted by molar-refractivity contribution is -0.157. The van der Waals surface area contributed by atoms with Crippen molar-refractivity contribution < 1.29 is 29.4 Å². The fourth-order valence-electron chi connectivity index (χ4n) is 2.91. The Hall–Kier alpha value is -1.71. The Balaban J connectivity index is 3.09. The highest BCUT2D eigenvalue weighted by Gasteiger charge is 2.39.